The van der Waals surface area contributed by atoms with Crippen molar-refractivity contribution in [2.75, 3.05) is 62.4 Å². The second-order valence-corrected chi connectivity index (χ2v) is 38.2. The molecule has 2 aliphatic heterocycles. The van der Waals surface area contributed by atoms with Crippen LogP contribution in [0.1, 0.15) is 177 Å². The third-order valence-electron chi connectivity index (χ3n) is 23.5. The summed E-state index contributed by atoms with van der Waals surface area (Å²) in [6, 6.07) is 35.9. The van der Waals surface area contributed by atoms with E-state index >= 15 is 0 Å². The van der Waals surface area contributed by atoms with Crippen molar-refractivity contribution in [3.05, 3.63) is 222 Å². The number of halogens is 2. The van der Waals surface area contributed by atoms with E-state index in [0.717, 1.165) is 176 Å². The number of nitrogens with two attached hydrogens (primary N) is 1. The molecule has 10 aromatic rings. The molecule has 8 N–H and O–H groups in total. The Morgan fingerprint density at radius 2 is 0.947 bits per heavy atom. The van der Waals surface area contributed by atoms with Gasteiger partial charge in [-0.3, -0.25) is 33.3 Å². The number of carbonyl (C=O) groups excluding carboxylic acids is 5. The lowest BCUT2D eigenvalue weighted by atomic mass is 9.85. The van der Waals surface area contributed by atoms with Crippen molar-refractivity contribution in [1.29, 1.82) is 0 Å². The van der Waals surface area contributed by atoms with Gasteiger partial charge in [-0.05, 0) is 199 Å². The van der Waals surface area contributed by atoms with Crippen molar-refractivity contribution >= 4 is 116 Å². The second kappa shape index (κ2) is 46.7. The summed E-state index contributed by atoms with van der Waals surface area (Å²) in [5, 5.41) is 48.9. The average Bonchev–Trinajstić information content (AvgIpc) is 1.68. The molecule has 0 unspecified atom stereocenters. The van der Waals surface area contributed by atoms with Crippen molar-refractivity contribution in [2.24, 2.45) is 16.6 Å². The second-order valence-electron chi connectivity index (χ2n) is 35.7. The van der Waals surface area contributed by atoms with Crippen LogP contribution in [-0.2, 0) is 51.3 Å². The maximum atomic E-state index is 14.1. The number of anilines is 4. The molecule has 6 aromatic carbocycles. The number of ether oxygens (including phenoxy) is 2. The first kappa shape index (κ1) is 102. The van der Waals surface area contributed by atoms with Gasteiger partial charge in [0.2, 0.25) is 40.9 Å². The van der Waals surface area contributed by atoms with E-state index in [4.69, 9.17) is 66.9 Å². The summed E-state index contributed by atoms with van der Waals surface area (Å²) in [4.78, 5) is 102. The monoisotopic (exact) mass is 1860 g/mol. The van der Waals surface area contributed by atoms with Crippen LogP contribution in [0.4, 0.5) is 34.1 Å². The van der Waals surface area contributed by atoms with Gasteiger partial charge in [0.15, 0.2) is 0 Å². The maximum Gasteiger partial charge on any atom is 0.329 e. The zero-order chi connectivity index (χ0) is 95.3. The Labute approximate surface area is 787 Å². The molecule has 31 heteroatoms. The number of aliphatic hydroxyl groups excluding tert-OH is 2. The molecule has 2 saturated heterocycles. The average molecular weight is 1860 g/mol. The van der Waals surface area contributed by atoms with E-state index < -0.39 is 65.0 Å². The summed E-state index contributed by atoms with van der Waals surface area (Å²) < 4.78 is 14.8. The lowest BCUT2D eigenvalue weighted by Crippen LogP contribution is -2.58. The van der Waals surface area contributed by atoms with Crippen molar-refractivity contribution in [1.82, 2.24) is 55.3 Å². The number of carbonyl (C=O) groups is 6. The number of aliphatic hydroxyl groups is 2. The molecule has 27 nitrogen and oxygen atoms in total. The van der Waals surface area contributed by atoms with Gasteiger partial charge in [0.1, 0.15) is 31.3 Å². The number of hydrogen-bond acceptors (Lipinski definition) is 19. The summed E-state index contributed by atoms with van der Waals surface area (Å²) in [6.45, 7) is 49.5. The Hall–Kier alpha value is -11.2. The molecule has 0 radical (unpaired) electrons. The highest BCUT2D eigenvalue weighted by molar-refractivity contribution is 7.13. The third-order valence-corrected chi connectivity index (χ3v) is 26.1. The molecular formula is C100H124Cl2N16O11S2. The number of carboxylic acid groups (broad SMARTS) is 1. The number of unbranched alkanes of at least 4 members (excludes halogenated alkanes) is 4. The van der Waals surface area contributed by atoms with Crippen molar-refractivity contribution in [3.8, 4) is 43.4 Å². The number of rotatable bonds is 35. The molecule has 0 aliphatic carbocycles. The number of benzene rings is 6. The summed E-state index contributed by atoms with van der Waals surface area (Å²) >= 11 is 15.9. The number of aliphatic carboxylic acids is 1. The predicted octanol–water partition coefficient (Wildman–Crippen LogP) is 18.9. The van der Waals surface area contributed by atoms with Gasteiger partial charge < -0.3 is 66.1 Å². The molecule has 2 aliphatic rings. The lowest BCUT2D eigenvalue weighted by molar-refractivity contribution is -0.144. The summed E-state index contributed by atoms with van der Waals surface area (Å²) in [6.07, 6.45) is 8.05. The Morgan fingerprint density at radius 1 is 0.542 bits per heavy atom. The molecule has 12 rings (SSSR count). The number of aryl methyl sites for hydroxylation is 8. The summed E-state index contributed by atoms with van der Waals surface area (Å²) in [5.41, 5.74) is 27.9. The van der Waals surface area contributed by atoms with Gasteiger partial charge in [-0.25, -0.2) is 24.5 Å². The van der Waals surface area contributed by atoms with Crippen LogP contribution in [0.2, 0.25) is 10.0 Å². The Balaban J connectivity index is 0.000000226. The van der Waals surface area contributed by atoms with Crippen LogP contribution >= 0.6 is 45.9 Å². The Bertz CT molecular complexity index is 5690. The normalized spacial score (nSPS) is 15.8. The van der Waals surface area contributed by atoms with Crippen molar-refractivity contribution in [2.45, 2.75) is 224 Å². The smallest absolute Gasteiger partial charge is 0.329 e. The number of thiazole rings is 2. The van der Waals surface area contributed by atoms with E-state index in [9.17, 15) is 39.0 Å². The molecule has 0 bridgehead atoms. The third kappa shape index (κ3) is 27.0. The fraction of sp³-hybridized carbons (Fsp3) is 0.440. The minimum atomic E-state index is -0.943. The van der Waals surface area contributed by atoms with E-state index in [1.54, 1.807) is 34.8 Å². The van der Waals surface area contributed by atoms with Crippen LogP contribution in [0.25, 0.3) is 53.1 Å². The number of carboxylic acids is 1. The topological polar surface area (TPSA) is 327 Å². The fourth-order valence-corrected chi connectivity index (χ4v) is 18.1. The molecule has 6 heterocycles. The van der Waals surface area contributed by atoms with E-state index in [1.807, 2.05) is 162 Å². The first-order chi connectivity index (χ1) is 62.3. The first-order valence-electron chi connectivity index (χ1n) is 44.5. The highest BCUT2D eigenvalue weighted by Crippen LogP contribution is 2.41. The van der Waals surface area contributed by atoms with E-state index in [2.05, 4.69) is 136 Å². The highest BCUT2D eigenvalue weighted by Gasteiger charge is 2.46. The maximum absolute atomic E-state index is 14.1. The van der Waals surface area contributed by atoms with Crippen LogP contribution < -0.4 is 31.5 Å². The molecule has 131 heavy (non-hydrogen) atoms. The molecule has 8 atom stereocenters. The number of nitrogens with one attached hydrogen (secondary N) is 3. The largest absolute Gasteiger partial charge is 0.480 e. The number of hydrogen-bond donors (Lipinski definition) is 7. The minimum absolute atomic E-state index is 0.00505. The van der Waals surface area contributed by atoms with Gasteiger partial charge in [0.05, 0.1) is 87.0 Å². The lowest BCUT2D eigenvalue weighted by Gasteiger charge is -2.35. The van der Waals surface area contributed by atoms with E-state index in [1.165, 1.54) is 9.80 Å². The number of likely N-dealkylation sites (tertiary alicyclic amines) is 2. The standard InChI is InChI=1S/C50H61ClN8O5S.C27H31ClN4O3.C23H32N4O3S/c1-10-58(38-20-21-41(52-9)40(51)25-38)42-24-37(15-14-31(42)2)45-32(3)27-57(56-45)22-12-11-13-23-64-29-44(61)55-47(50(6,7)8)49(63)59-28-39(60)26-43(59)48(62)54-33(4)35-16-18-36(19-17-35)46-34(5)53-30-65-46;1-5-32(22-11-12-24(29-4)23(28)16-22)25-15-21(10-9-19(25)2)27-20(3)17-31(30-27)13-7-6-8-14-35-18-26(33)34;1-13(15-6-8-16(9-7-15)19-14(2)25-12-31-19)26-21(29)18-10-17(28)11-27(18)22(30)20(24)23(3,4)5/h14-21,24-25,27,30,33,39,43,47,60H,10-13,22-23,26,28-29H2,1-8H3,(H,54,62)(H,55,61);9-12,15-17H,5-8,13-14,18H2,1-3H3,(H,33,34);6-9,12-13,17-18,20,28H,10-11,24H2,1-5H3,(H,26,29)/t33-,39+,43-,47+;;13-,17+,18-,20+/m0.0/s1. The van der Waals surface area contributed by atoms with Gasteiger partial charge >= 0.3 is 5.97 Å². The quantitative estimate of drug-likeness (QED) is 0.0143. The molecule has 0 spiro atoms. The van der Waals surface area contributed by atoms with E-state index in [0.29, 0.717) is 34.6 Å². The summed E-state index contributed by atoms with van der Waals surface area (Å²) in [7, 11) is 0. The highest BCUT2D eigenvalue weighted by atomic mass is 35.5. The zero-order valence-electron chi connectivity index (χ0n) is 77.8. The van der Waals surface area contributed by atoms with Crippen molar-refractivity contribution in [3.63, 3.8) is 0 Å². The predicted molar refractivity (Wildman–Crippen MR) is 521 cm³/mol. The Kier molecular flexibility index (Phi) is 36.3. The van der Waals surface area contributed by atoms with Gasteiger partial charge in [-0.15, -0.1) is 22.7 Å². The van der Waals surface area contributed by atoms with E-state index in [-0.39, 0.29) is 69.0 Å². The van der Waals surface area contributed by atoms with Gasteiger partial charge in [0, 0.05) is 122 Å². The Morgan fingerprint density at radius 3 is 1.31 bits per heavy atom. The fourth-order valence-electron chi connectivity index (χ4n) is 16.0. The molecule has 5 amide bonds. The number of nitrogens with zero attached hydrogens (tertiary/aromatic N) is 12. The number of amides is 5. The van der Waals surface area contributed by atoms with Gasteiger partial charge in [-0.1, -0.05) is 150 Å². The van der Waals surface area contributed by atoms with Crippen LogP contribution in [0.5, 0.6) is 0 Å². The van der Waals surface area contributed by atoms with Crippen LogP contribution in [0, 0.1) is 65.5 Å². The zero-order valence-corrected chi connectivity index (χ0v) is 81.0. The number of aromatic nitrogens is 6. The molecule has 0 saturated carbocycles. The van der Waals surface area contributed by atoms with Crippen LogP contribution in [0.3, 0.4) is 0 Å². The molecule has 2 fully saturated rings. The van der Waals surface area contributed by atoms with Crippen molar-refractivity contribution < 1.29 is 53.6 Å². The minimum Gasteiger partial charge on any atom is -0.480 e. The number of β-amino-alcohol motifs (C(OH)–C–C–N with tert-alkyl or cyclic N) is 2. The summed E-state index contributed by atoms with van der Waals surface area (Å²) in [5.74, 6) is -2.72. The molecule has 4 aromatic heterocycles. The van der Waals surface area contributed by atoms with Gasteiger partial charge in [0.25, 0.3) is 0 Å². The SMILES string of the molecule is Cc1ncsc1-c1ccc([C@H](C)NC(=O)[C@@H]2C[C@@H](O)CN2C(=O)[C@@H](N)C(C)(C)C)cc1.[C-]#[N+]c1ccc(N(CC)c2cc(-c3nn(CCCCCOCC(=O)N[C@H](C(=O)N4C[C@H](O)C[C@H]4C(=O)N[C@@H](C)c4ccc(-c5scnc5C)cc4)C(C)(C)C)cc3C)ccc2C)cc1Cl.[C-]#[N+]c1ccc(N(CC)c2cc(-c3nn(CCCCCOCC(=O)O)cc3C)ccc2C)cc1Cl. The van der Waals surface area contributed by atoms with Gasteiger partial charge in [-0.2, -0.15) is 10.2 Å². The van der Waals surface area contributed by atoms with Crippen LogP contribution in [-0.4, -0.2) is 179 Å². The van der Waals surface area contributed by atoms with Crippen LogP contribution in [0.15, 0.2) is 145 Å². The first-order valence-corrected chi connectivity index (χ1v) is 47.0. The molecular weight excluding hydrogens is 1740 g/mol. The molecule has 696 valence electrons.